The molecule has 1 heterocycles. The molecule has 152 valence electrons. The van der Waals surface area contributed by atoms with Crippen molar-refractivity contribution in [1.29, 1.82) is 0 Å². The molecule has 0 fully saturated rings. The number of fused-ring (bicyclic) bond motifs is 3. The third kappa shape index (κ3) is 3.77. The van der Waals surface area contributed by atoms with E-state index >= 15 is 0 Å². The molecule has 1 aliphatic carbocycles. The zero-order chi connectivity index (χ0) is 20.3. The molecule has 0 unspecified atom stereocenters. The molecule has 0 saturated carbocycles. The Morgan fingerprint density at radius 1 is 1.32 bits per heavy atom. The normalized spacial score (nSPS) is 25.3. The second-order valence-corrected chi connectivity index (χ2v) is 7.25. The summed E-state index contributed by atoms with van der Waals surface area (Å²) in [6.07, 6.45) is 2.01. The highest BCUT2D eigenvalue weighted by molar-refractivity contribution is 5.95. The minimum Gasteiger partial charge on any atom is -0.486 e. The Morgan fingerprint density at radius 3 is 2.75 bits per heavy atom. The highest BCUT2D eigenvalue weighted by atomic mass is 16.5. The van der Waals surface area contributed by atoms with Crippen LogP contribution >= 0.6 is 0 Å². The van der Waals surface area contributed by atoms with E-state index in [1.807, 2.05) is 31.2 Å². The van der Waals surface area contributed by atoms with Crippen LogP contribution in [0.1, 0.15) is 37.7 Å². The fourth-order valence-electron chi connectivity index (χ4n) is 4.04. The van der Waals surface area contributed by atoms with Gasteiger partial charge < -0.3 is 25.2 Å². The lowest BCUT2D eigenvalue weighted by Gasteiger charge is -2.40. The second kappa shape index (κ2) is 8.75. The summed E-state index contributed by atoms with van der Waals surface area (Å²) >= 11 is 0. The summed E-state index contributed by atoms with van der Waals surface area (Å²) in [5.41, 5.74) is 6.87. The maximum Gasteiger partial charge on any atom is 0.245 e. The number of primary amides is 1. The van der Waals surface area contributed by atoms with Crippen molar-refractivity contribution < 1.29 is 24.2 Å². The fraction of sp³-hybridized carbons (Fsp3) is 0.524. The molecule has 3 N–H and O–H groups in total. The largest absolute Gasteiger partial charge is 0.486 e. The van der Waals surface area contributed by atoms with Crippen LogP contribution in [0.5, 0.6) is 5.75 Å². The Labute approximate surface area is 165 Å². The lowest BCUT2D eigenvalue weighted by atomic mass is 9.77. The number of carbonyl (C=O) groups excluding carboxylic acids is 2. The van der Waals surface area contributed by atoms with Gasteiger partial charge in [0.2, 0.25) is 11.8 Å². The molecule has 28 heavy (non-hydrogen) atoms. The Morgan fingerprint density at radius 2 is 2.07 bits per heavy atom. The molecule has 0 radical (unpaired) electrons. The Kier molecular flexibility index (Phi) is 6.36. The monoisotopic (exact) mass is 388 g/mol. The van der Waals surface area contributed by atoms with Crippen molar-refractivity contribution in [3.05, 3.63) is 41.5 Å². The summed E-state index contributed by atoms with van der Waals surface area (Å²) in [6, 6.07) is 6.69. The van der Waals surface area contributed by atoms with Crippen LogP contribution < -0.4 is 10.5 Å². The van der Waals surface area contributed by atoms with E-state index in [9.17, 15) is 14.7 Å². The van der Waals surface area contributed by atoms with Crippen molar-refractivity contribution in [2.24, 2.45) is 5.73 Å². The molecule has 0 aromatic heterocycles. The van der Waals surface area contributed by atoms with Gasteiger partial charge in [0.1, 0.15) is 18.0 Å². The van der Waals surface area contributed by atoms with E-state index in [2.05, 4.69) is 0 Å². The van der Waals surface area contributed by atoms with Gasteiger partial charge in [-0.15, -0.1) is 0 Å². The number of carbonyl (C=O) groups is 2. The maximum atomic E-state index is 12.8. The van der Waals surface area contributed by atoms with E-state index in [1.54, 1.807) is 18.1 Å². The van der Waals surface area contributed by atoms with Crippen molar-refractivity contribution in [3.63, 3.8) is 0 Å². The van der Waals surface area contributed by atoms with Gasteiger partial charge in [0.25, 0.3) is 0 Å². The summed E-state index contributed by atoms with van der Waals surface area (Å²) in [5.74, 6) is -0.461. The number of rotatable bonds is 8. The summed E-state index contributed by atoms with van der Waals surface area (Å²) in [6.45, 7) is 2.66. The number of nitrogens with zero attached hydrogens (tertiary/aromatic N) is 1. The maximum absolute atomic E-state index is 12.8. The standard InChI is InChI=1S/C21H28N2O5/c1-3-4-9-17(24)23(10-11-27-2)15-12-14(21(22)26)18-13-7-5-6-8-16(13)28-20(18)19(15)25/h5-8,12,15,18-20,25H,3-4,9-11H2,1-2H3,(H2,22,26)/t15-,18+,19+,20+/m1/s1. The number of aliphatic hydroxyl groups excluding tert-OH is 1. The number of methoxy groups -OCH3 is 1. The number of nitrogens with two attached hydrogens (primary N) is 1. The molecule has 1 aromatic carbocycles. The Hall–Kier alpha value is -2.38. The highest BCUT2D eigenvalue weighted by Gasteiger charge is 2.49. The first-order valence-electron chi connectivity index (χ1n) is 9.73. The summed E-state index contributed by atoms with van der Waals surface area (Å²) in [7, 11) is 1.56. The van der Waals surface area contributed by atoms with Crippen molar-refractivity contribution in [2.75, 3.05) is 20.3 Å². The van der Waals surface area contributed by atoms with Gasteiger partial charge in [-0.3, -0.25) is 9.59 Å². The third-order valence-electron chi connectivity index (χ3n) is 5.46. The van der Waals surface area contributed by atoms with Crippen LogP contribution in [-0.4, -0.2) is 60.3 Å². The SMILES string of the molecule is CCCCC(=O)N(CCOC)[C@@H]1C=C(C(N)=O)[C@@H]2c3ccccc3O[C@@H]2[C@H]1O. The number of para-hydroxylation sites is 1. The molecule has 1 aliphatic heterocycles. The molecule has 1 aromatic rings. The summed E-state index contributed by atoms with van der Waals surface area (Å²) in [4.78, 5) is 26.6. The van der Waals surface area contributed by atoms with Crippen LogP contribution in [0.3, 0.4) is 0 Å². The van der Waals surface area contributed by atoms with Gasteiger partial charge in [-0.05, 0) is 18.6 Å². The van der Waals surface area contributed by atoms with Crippen LogP contribution in [0, 0.1) is 0 Å². The Bertz CT molecular complexity index is 763. The van der Waals surface area contributed by atoms with E-state index in [0.717, 1.165) is 18.4 Å². The average molecular weight is 388 g/mol. The lowest BCUT2D eigenvalue weighted by Crippen LogP contribution is -2.56. The molecule has 0 bridgehead atoms. The van der Waals surface area contributed by atoms with Gasteiger partial charge in [0, 0.05) is 31.2 Å². The second-order valence-electron chi connectivity index (χ2n) is 7.25. The number of aliphatic hydroxyl groups is 1. The third-order valence-corrected chi connectivity index (χ3v) is 5.46. The molecule has 7 nitrogen and oxygen atoms in total. The number of amides is 2. The van der Waals surface area contributed by atoms with E-state index < -0.39 is 30.1 Å². The molecule has 2 aliphatic rings. The zero-order valence-corrected chi connectivity index (χ0v) is 16.3. The zero-order valence-electron chi connectivity index (χ0n) is 16.3. The van der Waals surface area contributed by atoms with Gasteiger partial charge in [0.15, 0.2) is 0 Å². The minimum atomic E-state index is -0.983. The summed E-state index contributed by atoms with van der Waals surface area (Å²) in [5, 5.41) is 11.1. The van der Waals surface area contributed by atoms with E-state index in [1.165, 1.54) is 0 Å². The van der Waals surface area contributed by atoms with Crippen molar-refractivity contribution in [2.45, 2.75) is 50.4 Å². The number of unbranched alkanes of at least 4 members (excludes halogenated alkanes) is 1. The van der Waals surface area contributed by atoms with Crippen molar-refractivity contribution in [3.8, 4) is 5.75 Å². The molecule has 0 spiro atoms. The Balaban J connectivity index is 1.97. The quantitative estimate of drug-likeness (QED) is 0.700. The van der Waals surface area contributed by atoms with Gasteiger partial charge in [-0.25, -0.2) is 0 Å². The molecule has 3 rings (SSSR count). The van der Waals surface area contributed by atoms with Gasteiger partial charge in [0.05, 0.1) is 18.6 Å². The highest BCUT2D eigenvalue weighted by Crippen LogP contribution is 2.46. The fourth-order valence-corrected chi connectivity index (χ4v) is 4.04. The predicted molar refractivity (Wildman–Crippen MR) is 104 cm³/mol. The molecule has 7 heteroatoms. The number of hydrogen-bond acceptors (Lipinski definition) is 5. The van der Waals surface area contributed by atoms with Gasteiger partial charge >= 0.3 is 0 Å². The molecule has 4 atom stereocenters. The first kappa shape index (κ1) is 20.4. The van der Waals surface area contributed by atoms with Gasteiger partial charge in [-0.2, -0.15) is 0 Å². The van der Waals surface area contributed by atoms with Crippen LogP contribution in [0.4, 0.5) is 0 Å². The van der Waals surface area contributed by atoms with Crippen molar-refractivity contribution in [1.82, 2.24) is 4.90 Å². The molecular formula is C21H28N2O5. The topological polar surface area (TPSA) is 102 Å². The van der Waals surface area contributed by atoms with E-state index in [0.29, 0.717) is 30.9 Å². The van der Waals surface area contributed by atoms with Crippen LogP contribution in [-0.2, 0) is 14.3 Å². The number of ether oxygens (including phenoxy) is 2. The number of hydrogen-bond donors (Lipinski definition) is 2. The average Bonchev–Trinajstić information content (AvgIpc) is 3.08. The molecule has 0 saturated heterocycles. The van der Waals surface area contributed by atoms with Gasteiger partial charge in [-0.1, -0.05) is 31.5 Å². The predicted octanol–water partition coefficient (Wildman–Crippen LogP) is 1.35. The molecular weight excluding hydrogens is 360 g/mol. The number of benzene rings is 1. The summed E-state index contributed by atoms with van der Waals surface area (Å²) < 4.78 is 11.1. The van der Waals surface area contributed by atoms with E-state index in [4.69, 9.17) is 15.2 Å². The molecule has 2 amide bonds. The van der Waals surface area contributed by atoms with E-state index in [-0.39, 0.29) is 5.91 Å². The van der Waals surface area contributed by atoms with Crippen molar-refractivity contribution >= 4 is 11.8 Å². The minimum absolute atomic E-state index is 0.0861. The lowest BCUT2D eigenvalue weighted by molar-refractivity contribution is -0.138. The first-order chi connectivity index (χ1) is 13.5. The van der Waals surface area contributed by atoms with Crippen LogP contribution in [0.2, 0.25) is 0 Å². The first-order valence-corrected chi connectivity index (χ1v) is 9.73. The van der Waals surface area contributed by atoms with Crippen LogP contribution in [0.25, 0.3) is 0 Å². The van der Waals surface area contributed by atoms with Crippen LogP contribution in [0.15, 0.2) is 35.9 Å². The smallest absolute Gasteiger partial charge is 0.245 e.